The van der Waals surface area contributed by atoms with E-state index in [1.165, 1.54) is 0 Å². The summed E-state index contributed by atoms with van der Waals surface area (Å²) in [7, 11) is 0. The number of fused-ring (bicyclic) bond motifs is 1. The van der Waals surface area contributed by atoms with E-state index in [9.17, 15) is 9.59 Å². The molecule has 7 heteroatoms. The summed E-state index contributed by atoms with van der Waals surface area (Å²) in [6.07, 6.45) is 7.91. The molecule has 7 nitrogen and oxygen atoms in total. The first-order valence-electron chi connectivity index (χ1n) is 11.4. The van der Waals surface area contributed by atoms with Crippen LogP contribution in [0, 0.1) is 5.92 Å². The maximum atomic E-state index is 12.6. The Hall–Kier alpha value is -4.65. The Morgan fingerprint density at radius 1 is 0.857 bits per heavy atom. The Balaban J connectivity index is 1.18. The van der Waals surface area contributed by atoms with Crippen LogP contribution in [0.25, 0.3) is 0 Å². The van der Waals surface area contributed by atoms with Gasteiger partial charge in [0.2, 0.25) is 0 Å². The minimum atomic E-state index is -0.209. The van der Waals surface area contributed by atoms with E-state index in [1.54, 1.807) is 36.4 Å². The molecular formula is C28H25N5O2. The van der Waals surface area contributed by atoms with Crippen LogP contribution in [0.15, 0.2) is 108 Å². The summed E-state index contributed by atoms with van der Waals surface area (Å²) in [6.45, 7) is 0.606. The number of carbonyl (C=O) groups excluding carboxylic acids is 2. The van der Waals surface area contributed by atoms with Gasteiger partial charge in [0.05, 0.1) is 24.0 Å². The number of nitrogens with two attached hydrogens (primary N) is 1. The second-order valence-electron chi connectivity index (χ2n) is 8.47. The Morgan fingerprint density at radius 2 is 1.54 bits per heavy atom. The van der Waals surface area contributed by atoms with Gasteiger partial charge in [0.25, 0.3) is 11.8 Å². The molecule has 2 unspecified atom stereocenters. The quantitative estimate of drug-likeness (QED) is 0.477. The van der Waals surface area contributed by atoms with Crippen molar-refractivity contribution in [2.75, 3.05) is 11.1 Å². The number of benzene rings is 3. The van der Waals surface area contributed by atoms with Crippen LogP contribution >= 0.6 is 0 Å². The second kappa shape index (κ2) is 9.69. The van der Waals surface area contributed by atoms with Gasteiger partial charge >= 0.3 is 0 Å². The largest absolute Gasteiger partial charge is 0.397 e. The monoisotopic (exact) mass is 463 g/mol. The van der Waals surface area contributed by atoms with Gasteiger partial charge in [0.1, 0.15) is 0 Å². The van der Waals surface area contributed by atoms with Crippen molar-refractivity contribution in [1.82, 2.24) is 10.3 Å². The van der Waals surface area contributed by atoms with Crippen molar-refractivity contribution in [3.63, 3.8) is 0 Å². The Bertz CT molecular complexity index is 1330. The molecule has 2 aliphatic rings. The predicted molar refractivity (Wildman–Crippen MR) is 138 cm³/mol. The van der Waals surface area contributed by atoms with E-state index >= 15 is 0 Å². The van der Waals surface area contributed by atoms with Gasteiger partial charge in [-0.3, -0.25) is 14.6 Å². The molecule has 0 saturated carbocycles. The third-order valence-electron chi connectivity index (χ3n) is 6.03. The van der Waals surface area contributed by atoms with Gasteiger partial charge in [0.15, 0.2) is 0 Å². The molecule has 2 amide bonds. The fourth-order valence-corrected chi connectivity index (χ4v) is 4.14. The lowest BCUT2D eigenvalue weighted by Gasteiger charge is -2.27. The number of carbonyl (C=O) groups is 2. The molecule has 0 fully saturated rings. The van der Waals surface area contributed by atoms with Crippen LogP contribution in [0.2, 0.25) is 0 Å². The molecule has 0 spiro atoms. The first-order valence-corrected chi connectivity index (χ1v) is 11.4. The fraction of sp³-hybridized carbons (Fsp3) is 0.107. The summed E-state index contributed by atoms with van der Waals surface area (Å²) < 4.78 is 0. The maximum absolute atomic E-state index is 12.6. The third-order valence-corrected chi connectivity index (χ3v) is 6.03. The van der Waals surface area contributed by atoms with Crippen LogP contribution in [-0.4, -0.2) is 29.1 Å². The zero-order valence-corrected chi connectivity index (χ0v) is 19.0. The molecule has 0 bridgehead atoms. The minimum Gasteiger partial charge on any atom is -0.397 e. The highest BCUT2D eigenvalue weighted by atomic mass is 16.2. The Morgan fingerprint density at radius 3 is 2.31 bits per heavy atom. The van der Waals surface area contributed by atoms with Gasteiger partial charge in [-0.15, -0.1) is 0 Å². The summed E-state index contributed by atoms with van der Waals surface area (Å²) in [5.41, 5.74) is 10.0. The Kier molecular flexibility index (Phi) is 6.13. The first kappa shape index (κ1) is 22.2. The third kappa shape index (κ3) is 4.99. The highest BCUT2D eigenvalue weighted by molar-refractivity contribution is 6.05. The number of rotatable bonds is 6. The number of amides is 2. The summed E-state index contributed by atoms with van der Waals surface area (Å²) in [5.74, 6) is -0.266. The molecule has 0 aromatic heterocycles. The van der Waals surface area contributed by atoms with E-state index in [1.807, 2.05) is 65.8 Å². The average molecular weight is 464 g/mol. The number of nitrogens with one attached hydrogen (secondary N) is 2. The number of nitrogens with zero attached hydrogens (tertiary/aromatic N) is 2. The number of anilines is 2. The number of allylic oxidation sites excluding steroid dienone is 1. The molecule has 35 heavy (non-hydrogen) atoms. The summed E-state index contributed by atoms with van der Waals surface area (Å²) in [6, 6.07) is 23.9. The molecular weight excluding hydrogens is 438 g/mol. The smallest absolute Gasteiger partial charge is 0.255 e. The molecule has 0 radical (unpaired) electrons. The first-order chi connectivity index (χ1) is 17.1. The molecule has 174 valence electrons. The zero-order valence-electron chi connectivity index (χ0n) is 19.0. The van der Waals surface area contributed by atoms with Crippen molar-refractivity contribution in [2.45, 2.75) is 12.6 Å². The van der Waals surface area contributed by atoms with Crippen molar-refractivity contribution in [2.24, 2.45) is 11.0 Å². The predicted octanol–water partition coefficient (Wildman–Crippen LogP) is 4.19. The maximum Gasteiger partial charge on any atom is 0.255 e. The summed E-state index contributed by atoms with van der Waals surface area (Å²) in [4.78, 5) is 25.0. The highest BCUT2D eigenvalue weighted by Crippen LogP contribution is 2.27. The van der Waals surface area contributed by atoms with Crippen LogP contribution in [0.3, 0.4) is 0 Å². The molecule has 2 atom stereocenters. The molecule has 3 aromatic rings. The fourth-order valence-electron chi connectivity index (χ4n) is 4.14. The van der Waals surface area contributed by atoms with Crippen molar-refractivity contribution in [3.05, 3.63) is 119 Å². The van der Waals surface area contributed by atoms with Crippen LogP contribution in [0.1, 0.15) is 26.3 Å². The van der Waals surface area contributed by atoms with Gasteiger partial charge in [-0.2, -0.15) is 5.10 Å². The summed E-state index contributed by atoms with van der Waals surface area (Å²) in [5, 5.41) is 12.4. The van der Waals surface area contributed by atoms with Crippen molar-refractivity contribution < 1.29 is 9.59 Å². The number of hydrazone groups is 1. The lowest BCUT2D eigenvalue weighted by Crippen LogP contribution is -2.33. The van der Waals surface area contributed by atoms with Crippen molar-refractivity contribution in [1.29, 1.82) is 0 Å². The zero-order chi connectivity index (χ0) is 24.2. The van der Waals surface area contributed by atoms with Crippen LogP contribution in [0.5, 0.6) is 0 Å². The molecule has 1 aliphatic heterocycles. The van der Waals surface area contributed by atoms with Gasteiger partial charge in [-0.25, -0.2) is 0 Å². The highest BCUT2D eigenvalue weighted by Gasteiger charge is 2.30. The standard InChI is InChI=1S/C28H25N5O2/c29-24-8-4-5-9-25(24)32-28(35)21-12-10-19(11-13-21)18-33-26-15-14-23(16-22(26)17-30-33)31-27(34)20-6-2-1-3-7-20/h1-17,22,26H,18,29H2,(H,31,34)(H,32,35). The minimum absolute atomic E-state index is 0.0763. The average Bonchev–Trinajstić information content (AvgIpc) is 3.28. The number of hydrogen-bond acceptors (Lipinski definition) is 5. The van der Waals surface area contributed by atoms with Gasteiger partial charge < -0.3 is 16.4 Å². The van der Waals surface area contributed by atoms with E-state index in [0.29, 0.717) is 29.0 Å². The summed E-state index contributed by atoms with van der Waals surface area (Å²) >= 11 is 0. The number of para-hydroxylation sites is 2. The van der Waals surface area contributed by atoms with Crippen LogP contribution in [-0.2, 0) is 6.54 Å². The molecule has 5 rings (SSSR count). The number of nitrogen functional groups attached to an aromatic ring is 1. The van der Waals surface area contributed by atoms with E-state index in [0.717, 1.165) is 11.3 Å². The van der Waals surface area contributed by atoms with Crippen molar-refractivity contribution in [3.8, 4) is 0 Å². The van der Waals surface area contributed by atoms with E-state index in [2.05, 4.69) is 21.8 Å². The lowest BCUT2D eigenvalue weighted by molar-refractivity contribution is 0.0965. The lowest BCUT2D eigenvalue weighted by atomic mass is 9.95. The van der Waals surface area contributed by atoms with E-state index < -0.39 is 0 Å². The van der Waals surface area contributed by atoms with Crippen LogP contribution in [0.4, 0.5) is 11.4 Å². The normalized spacial score (nSPS) is 18.1. The van der Waals surface area contributed by atoms with E-state index in [-0.39, 0.29) is 23.8 Å². The molecule has 4 N–H and O–H groups in total. The molecule has 0 saturated heterocycles. The second-order valence-corrected chi connectivity index (χ2v) is 8.47. The molecule has 1 aliphatic carbocycles. The van der Waals surface area contributed by atoms with Crippen LogP contribution < -0.4 is 16.4 Å². The molecule has 3 aromatic carbocycles. The Labute approximate surface area is 203 Å². The van der Waals surface area contributed by atoms with Gasteiger partial charge in [0, 0.05) is 29.0 Å². The van der Waals surface area contributed by atoms with Crippen molar-refractivity contribution >= 4 is 29.4 Å². The van der Waals surface area contributed by atoms with Gasteiger partial charge in [-0.1, -0.05) is 48.5 Å². The van der Waals surface area contributed by atoms with E-state index in [4.69, 9.17) is 5.73 Å². The SMILES string of the molecule is Nc1ccccc1NC(=O)c1ccc(CN2N=CC3C=C(NC(=O)c4ccccc4)C=CC32)cc1. The topological polar surface area (TPSA) is 99.8 Å². The number of hydrogen-bond donors (Lipinski definition) is 3. The molecule has 1 heterocycles. The van der Waals surface area contributed by atoms with Gasteiger partial charge in [-0.05, 0) is 54.1 Å².